The summed E-state index contributed by atoms with van der Waals surface area (Å²) in [4.78, 5) is 11.6. The van der Waals surface area contributed by atoms with Gasteiger partial charge in [0.05, 0.1) is 19.8 Å². The number of ether oxygens (including phenoxy) is 2. The Hall–Kier alpha value is -0.810. The zero-order valence-electron chi connectivity index (χ0n) is 17.1. The molecular weight excluding hydrogens is 328 g/mol. The Bertz CT molecular complexity index is 320. The Kier molecular flexibility index (Phi) is 15.7. The second-order valence-corrected chi connectivity index (χ2v) is 7.44. The van der Waals surface area contributed by atoms with Crippen molar-refractivity contribution in [3.8, 4) is 0 Å². The molecule has 0 bridgehead atoms. The number of nitrogens with one attached hydrogen (secondary N) is 1. The Balaban J connectivity index is 1.73. The molecule has 0 saturated carbocycles. The van der Waals surface area contributed by atoms with Crippen LogP contribution < -0.4 is 5.43 Å². The van der Waals surface area contributed by atoms with E-state index in [0.717, 1.165) is 25.9 Å². The van der Waals surface area contributed by atoms with Gasteiger partial charge in [-0.1, -0.05) is 90.4 Å². The van der Waals surface area contributed by atoms with E-state index in [-0.39, 0.29) is 6.09 Å². The van der Waals surface area contributed by atoms with E-state index in [1.807, 2.05) is 5.01 Å². The number of unbranched alkanes of at least 4 members (excludes halogenated alkanes) is 13. The Morgan fingerprint density at radius 3 is 1.77 bits per heavy atom. The van der Waals surface area contributed by atoms with Gasteiger partial charge in [-0.2, -0.15) is 0 Å². The molecule has 1 N–H and O–H groups in total. The molecule has 0 aromatic rings. The third kappa shape index (κ3) is 14.4. The van der Waals surface area contributed by atoms with E-state index >= 15 is 0 Å². The molecule has 1 rings (SSSR count). The van der Waals surface area contributed by atoms with Gasteiger partial charge in [-0.15, -0.1) is 0 Å². The predicted molar refractivity (Wildman–Crippen MR) is 107 cm³/mol. The van der Waals surface area contributed by atoms with Gasteiger partial charge >= 0.3 is 6.09 Å². The number of nitrogens with zero attached hydrogens (tertiary/aromatic N) is 1. The number of amides is 1. The van der Waals surface area contributed by atoms with Crippen LogP contribution in [0.2, 0.25) is 0 Å². The van der Waals surface area contributed by atoms with Crippen LogP contribution in [0, 0.1) is 0 Å². The van der Waals surface area contributed by atoms with Crippen LogP contribution in [-0.2, 0) is 9.47 Å². The fourth-order valence-corrected chi connectivity index (χ4v) is 3.30. The molecule has 0 spiro atoms. The smallest absolute Gasteiger partial charge is 0.421 e. The van der Waals surface area contributed by atoms with Gasteiger partial charge in [0.15, 0.2) is 0 Å². The highest BCUT2D eigenvalue weighted by Crippen LogP contribution is 2.12. The van der Waals surface area contributed by atoms with Crippen LogP contribution in [0.25, 0.3) is 0 Å². The second kappa shape index (κ2) is 17.6. The molecule has 26 heavy (non-hydrogen) atoms. The molecule has 0 aromatic carbocycles. The first kappa shape index (κ1) is 23.2. The summed E-state index contributed by atoms with van der Waals surface area (Å²) < 4.78 is 10.5. The summed E-state index contributed by atoms with van der Waals surface area (Å²) in [6.45, 7) is 5.59. The molecule has 0 aromatic heterocycles. The van der Waals surface area contributed by atoms with Crippen LogP contribution in [0.15, 0.2) is 0 Å². The summed E-state index contributed by atoms with van der Waals surface area (Å²) in [6, 6.07) is 0. The number of morpholine rings is 1. The summed E-state index contributed by atoms with van der Waals surface area (Å²) >= 11 is 0. The predicted octanol–water partition coefficient (Wildman–Crippen LogP) is 5.44. The fraction of sp³-hybridized carbons (Fsp3) is 0.952. The molecule has 0 atom stereocenters. The second-order valence-electron chi connectivity index (χ2n) is 7.44. The molecule has 1 fully saturated rings. The first-order valence-corrected chi connectivity index (χ1v) is 11.1. The molecular formula is C21H42N2O3. The van der Waals surface area contributed by atoms with Crippen LogP contribution in [0.4, 0.5) is 4.79 Å². The van der Waals surface area contributed by atoms with Crippen molar-refractivity contribution in [3.05, 3.63) is 0 Å². The van der Waals surface area contributed by atoms with Crippen LogP contribution in [0.1, 0.15) is 96.8 Å². The summed E-state index contributed by atoms with van der Waals surface area (Å²) in [5.41, 5.74) is 2.76. The van der Waals surface area contributed by atoms with E-state index in [0.29, 0.717) is 19.8 Å². The van der Waals surface area contributed by atoms with Gasteiger partial charge in [0, 0.05) is 13.1 Å². The van der Waals surface area contributed by atoms with Crippen molar-refractivity contribution in [2.24, 2.45) is 0 Å². The van der Waals surface area contributed by atoms with Crippen molar-refractivity contribution in [2.75, 3.05) is 32.9 Å². The summed E-state index contributed by atoms with van der Waals surface area (Å²) in [6.07, 6.45) is 18.4. The normalized spacial score (nSPS) is 15.1. The van der Waals surface area contributed by atoms with E-state index in [2.05, 4.69) is 12.3 Å². The number of carbonyl (C=O) groups is 1. The molecule has 1 saturated heterocycles. The minimum Gasteiger partial charge on any atom is -0.449 e. The SMILES string of the molecule is CCCCCCCCCCCCCCCCOC(=O)NN1CCOCC1. The lowest BCUT2D eigenvalue weighted by Crippen LogP contribution is -2.48. The van der Waals surface area contributed by atoms with Crippen LogP contribution in [-0.4, -0.2) is 44.0 Å². The highest BCUT2D eigenvalue weighted by Gasteiger charge is 2.13. The number of hydrogen-bond acceptors (Lipinski definition) is 4. The molecule has 5 heteroatoms. The van der Waals surface area contributed by atoms with Gasteiger partial charge in [-0.05, 0) is 6.42 Å². The van der Waals surface area contributed by atoms with Crippen molar-refractivity contribution in [1.29, 1.82) is 0 Å². The molecule has 0 aliphatic carbocycles. The first-order chi connectivity index (χ1) is 12.8. The third-order valence-electron chi connectivity index (χ3n) is 4.99. The molecule has 5 nitrogen and oxygen atoms in total. The van der Waals surface area contributed by atoms with Gasteiger partial charge in [-0.3, -0.25) is 5.43 Å². The van der Waals surface area contributed by atoms with Gasteiger partial charge < -0.3 is 9.47 Å². The monoisotopic (exact) mass is 370 g/mol. The number of rotatable bonds is 16. The van der Waals surface area contributed by atoms with E-state index in [1.165, 1.54) is 77.0 Å². The van der Waals surface area contributed by atoms with E-state index in [1.54, 1.807) is 0 Å². The van der Waals surface area contributed by atoms with E-state index in [4.69, 9.17) is 9.47 Å². The van der Waals surface area contributed by atoms with Crippen LogP contribution >= 0.6 is 0 Å². The van der Waals surface area contributed by atoms with Crippen molar-refractivity contribution < 1.29 is 14.3 Å². The molecule has 1 aliphatic rings. The van der Waals surface area contributed by atoms with Gasteiger partial charge in [0.25, 0.3) is 0 Å². The molecule has 0 unspecified atom stereocenters. The number of carbonyl (C=O) groups excluding carboxylic acids is 1. The van der Waals surface area contributed by atoms with Crippen molar-refractivity contribution in [1.82, 2.24) is 10.4 Å². The average molecular weight is 371 g/mol. The van der Waals surface area contributed by atoms with E-state index in [9.17, 15) is 4.79 Å². The Morgan fingerprint density at radius 2 is 1.27 bits per heavy atom. The third-order valence-corrected chi connectivity index (χ3v) is 4.99. The molecule has 1 heterocycles. The largest absolute Gasteiger partial charge is 0.449 e. The fourth-order valence-electron chi connectivity index (χ4n) is 3.30. The maximum Gasteiger partial charge on any atom is 0.421 e. The maximum atomic E-state index is 11.6. The van der Waals surface area contributed by atoms with Crippen LogP contribution in [0.3, 0.4) is 0 Å². The Labute approximate surface area is 161 Å². The lowest BCUT2D eigenvalue weighted by molar-refractivity contribution is 0.00986. The first-order valence-electron chi connectivity index (χ1n) is 11.1. The maximum absolute atomic E-state index is 11.6. The minimum absolute atomic E-state index is 0.332. The molecule has 154 valence electrons. The highest BCUT2D eigenvalue weighted by molar-refractivity contribution is 5.66. The van der Waals surface area contributed by atoms with Gasteiger partial charge in [0.2, 0.25) is 0 Å². The molecule has 1 aliphatic heterocycles. The van der Waals surface area contributed by atoms with E-state index < -0.39 is 0 Å². The van der Waals surface area contributed by atoms with Gasteiger partial charge in [-0.25, -0.2) is 9.80 Å². The van der Waals surface area contributed by atoms with Gasteiger partial charge in [0.1, 0.15) is 0 Å². The summed E-state index contributed by atoms with van der Waals surface area (Å²) in [7, 11) is 0. The molecule has 0 radical (unpaired) electrons. The summed E-state index contributed by atoms with van der Waals surface area (Å²) in [5.74, 6) is 0. The molecule has 1 amide bonds. The quantitative estimate of drug-likeness (QED) is 0.367. The lowest BCUT2D eigenvalue weighted by atomic mass is 10.0. The van der Waals surface area contributed by atoms with Crippen molar-refractivity contribution in [2.45, 2.75) is 96.8 Å². The zero-order chi connectivity index (χ0) is 18.7. The number of hydrazine groups is 1. The average Bonchev–Trinajstić information content (AvgIpc) is 2.65. The zero-order valence-corrected chi connectivity index (χ0v) is 17.1. The standard InChI is InChI=1S/C21H42N2O3/c1-2-3-4-5-6-7-8-9-10-11-12-13-14-15-18-26-21(24)22-23-16-19-25-20-17-23/h2-20H2,1H3,(H,22,24). The van der Waals surface area contributed by atoms with Crippen molar-refractivity contribution >= 4 is 6.09 Å². The topological polar surface area (TPSA) is 50.8 Å². The highest BCUT2D eigenvalue weighted by atomic mass is 16.6. The number of hydrogen-bond donors (Lipinski definition) is 1. The van der Waals surface area contributed by atoms with Crippen LogP contribution in [0.5, 0.6) is 0 Å². The minimum atomic E-state index is -0.332. The van der Waals surface area contributed by atoms with Crippen molar-refractivity contribution in [3.63, 3.8) is 0 Å². The summed E-state index contributed by atoms with van der Waals surface area (Å²) in [5, 5.41) is 1.86. The Morgan fingerprint density at radius 1 is 0.808 bits per heavy atom. The lowest BCUT2D eigenvalue weighted by Gasteiger charge is -2.26.